The molecule has 0 radical (unpaired) electrons. The van der Waals surface area contributed by atoms with Gasteiger partial charge < -0.3 is 10.1 Å². The maximum Gasteiger partial charge on any atom is 0.255 e. The number of anilines is 1. The summed E-state index contributed by atoms with van der Waals surface area (Å²) in [6, 6.07) is 11.2. The summed E-state index contributed by atoms with van der Waals surface area (Å²) in [5, 5.41) is 2.28. The number of fused-ring (bicyclic) bond motifs is 1. The molecule has 4 rings (SSSR count). The van der Waals surface area contributed by atoms with Gasteiger partial charge in [0.05, 0.1) is 12.4 Å². The van der Waals surface area contributed by atoms with Crippen molar-refractivity contribution in [3.05, 3.63) is 77.1 Å². The van der Waals surface area contributed by atoms with Gasteiger partial charge in [-0.05, 0) is 73.6 Å². The van der Waals surface area contributed by atoms with Gasteiger partial charge in [-0.3, -0.25) is 9.78 Å². The van der Waals surface area contributed by atoms with Crippen molar-refractivity contribution in [3.8, 4) is 16.9 Å². The van der Waals surface area contributed by atoms with Crippen molar-refractivity contribution in [2.45, 2.75) is 45.6 Å². The first kappa shape index (κ1) is 21.0. The van der Waals surface area contributed by atoms with E-state index in [4.69, 9.17) is 4.74 Å². The second kappa shape index (κ2) is 8.10. The zero-order valence-corrected chi connectivity index (χ0v) is 17.8. The molecule has 0 saturated heterocycles. The molecule has 0 bridgehead atoms. The fourth-order valence-electron chi connectivity index (χ4n) is 3.83. The van der Waals surface area contributed by atoms with E-state index in [1.165, 1.54) is 11.1 Å². The number of carbonyl (C=O) groups excluding carboxylic acids is 1. The number of halogens is 2. The average molecular weight is 422 g/mol. The predicted molar refractivity (Wildman–Crippen MR) is 116 cm³/mol. The third kappa shape index (κ3) is 4.29. The number of carbonyl (C=O) groups is 1. The van der Waals surface area contributed by atoms with Crippen LogP contribution >= 0.6 is 0 Å². The summed E-state index contributed by atoms with van der Waals surface area (Å²) in [6.07, 6.45) is 4.54. The van der Waals surface area contributed by atoms with Crippen molar-refractivity contribution in [2.75, 3.05) is 5.32 Å². The lowest BCUT2D eigenvalue weighted by molar-refractivity contribution is 0.0847. The molecule has 2 heterocycles. The molecule has 0 unspecified atom stereocenters. The number of hydrogen-bond donors (Lipinski definition) is 1. The number of nitrogens with zero attached hydrogens (tertiary/aromatic N) is 1. The molecule has 0 spiro atoms. The van der Waals surface area contributed by atoms with Crippen LogP contribution in [0.5, 0.6) is 5.75 Å². The number of aromatic nitrogens is 1. The molecule has 0 saturated carbocycles. The minimum atomic E-state index is -0.922. The molecule has 0 aliphatic carbocycles. The molecule has 160 valence electrons. The van der Waals surface area contributed by atoms with Crippen molar-refractivity contribution < 1.29 is 18.3 Å². The van der Waals surface area contributed by atoms with Crippen LogP contribution in [0.3, 0.4) is 0 Å². The summed E-state index contributed by atoms with van der Waals surface area (Å²) in [4.78, 5) is 15.9. The number of benzene rings is 2. The quantitative estimate of drug-likeness (QED) is 0.566. The summed E-state index contributed by atoms with van der Waals surface area (Å²) >= 11 is 0. The summed E-state index contributed by atoms with van der Waals surface area (Å²) in [5.74, 6) is -1.54. The van der Waals surface area contributed by atoms with Crippen LogP contribution in [0.15, 0.2) is 48.8 Å². The molecule has 31 heavy (non-hydrogen) atoms. The summed E-state index contributed by atoms with van der Waals surface area (Å²) in [7, 11) is 0. The SMILES string of the molecule is CCc1cc2c(cc1-c1ccc(C(=O)Nc3c(F)cncc3F)cc1)OC(C)(C)CC2. The molecule has 1 N–H and O–H groups in total. The van der Waals surface area contributed by atoms with Crippen LogP contribution in [-0.2, 0) is 12.8 Å². The van der Waals surface area contributed by atoms with E-state index in [-0.39, 0.29) is 5.60 Å². The van der Waals surface area contributed by atoms with Crippen LogP contribution in [0.25, 0.3) is 11.1 Å². The number of nitrogens with one attached hydrogen (secondary N) is 1. The fourth-order valence-corrected chi connectivity index (χ4v) is 3.83. The molecular weight excluding hydrogens is 398 g/mol. The van der Waals surface area contributed by atoms with E-state index in [1.807, 2.05) is 12.1 Å². The Balaban J connectivity index is 1.62. The first-order valence-electron chi connectivity index (χ1n) is 10.3. The first-order valence-corrected chi connectivity index (χ1v) is 10.3. The highest BCUT2D eigenvalue weighted by atomic mass is 19.1. The van der Waals surface area contributed by atoms with E-state index in [0.717, 1.165) is 48.5 Å². The highest BCUT2D eigenvalue weighted by molar-refractivity contribution is 6.04. The van der Waals surface area contributed by atoms with Crippen molar-refractivity contribution in [2.24, 2.45) is 0 Å². The Morgan fingerprint density at radius 2 is 1.81 bits per heavy atom. The van der Waals surface area contributed by atoms with Gasteiger partial charge in [-0.2, -0.15) is 0 Å². The molecular formula is C25H24F2N2O2. The van der Waals surface area contributed by atoms with Crippen molar-refractivity contribution in [1.82, 2.24) is 4.98 Å². The molecule has 0 atom stereocenters. The molecule has 1 aliphatic rings. The number of pyridine rings is 1. The van der Waals surface area contributed by atoms with Gasteiger partial charge in [0.25, 0.3) is 5.91 Å². The van der Waals surface area contributed by atoms with Crippen molar-refractivity contribution in [3.63, 3.8) is 0 Å². The van der Waals surface area contributed by atoms with Gasteiger partial charge >= 0.3 is 0 Å². The van der Waals surface area contributed by atoms with Crippen LogP contribution in [0.1, 0.15) is 48.7 Å². The minimum absolute atomic E-state index is 0.197. The van der Waals surface area contributed by atoms with Gasteiger partial charge in [0.1, 0.15) is 17.0 Å². The monoisotopic (exact) mass is 422 g/mol. The maximum absolute atomic E-state index is 13.8. The smallest absolute Gasteiger partial charge is 0.255 e. The minimum Gasteiger partial charge on any atom is -0.488 e. The number of rotatable bonds is 4. The van der Waals surface area contributed by atoms with Crippen molar-refractivity contribution >= 4 is 11.6 Å². The molecule has 2 aromatic carbocycles. The molecule has 1 aromatic heterocycles. The molecule has 0 fully saturated rings. The van der Waals surface area contributed by atoms with E-state index < -0.39 is 23.2 Å². The maximum atomic E-state index is 13.8. The van der Waals surface area contributed by atoms with Gasteiger partial charge in [-0.25, -0.2) is 8.78 Å². The Labute approximate surface area is 180 Å². The van der Waals surface area contributed by atoms with Gasteiger partial charge in [-0.15, -0.1) is 0 Å². The second-order valence-electron chi connectivity index (χ2n) is 8.34. The predicted octanol–water partition coefficient (Wildman–Crippen LogP) is 5.95. The van der Waals surface area contributed by atoms with Gasteiger partial charge in [0.2, 0.25) is 0 Å². The second-order valence-corrected chi connectivity index (χ2v) is 8.34. The summed E-state index contributed by atoms with van der Waals surface area (Å²) in [5.41, 5.74) is 4.02. The average Bonchev–Trinajstić information content (AvgIpc) is 2.75. The third-order valence-electron chi connectivity index (χ3n) is 5.60. The molecule has 4 nitrogen and oxygen atoms in total. The third-order valence-corrected chi connectivity index (χ3v) is 5.60. The normalized spacial score (nSPS) is 14.5. The fraction of sp³-hybridized carbons (Fsp3) is 0.280. The van der Waals surface area contributed by atoms with Crippen LogP contribution in [0.2, 0.25) is 0 Å². The topological polar surface area (TPSA) is 51.2 Å². The Bertz CT molecular complexity index is 1120. The zero-order valence-electron chi connectivity index (χ0n) is 17.8. The van der Waals surface area contributed by atoms with E-state index >= 15 is 0 Å². The van der Waals surface area contributed by atoms with E-state index in [1.54, 1.807) is 12.1 Å². The Kier molecular flexibility index (Phi) is 5.48. The van der Waals surface area contributed by atoms with Crippen LogP contribution in [0.4, 0.5) is 14.5 Å². The lowest BCUT2D eigenvalue weighted by atomic mass is 9.89. The Morgan fingerprint density at radius 3 is 2.45 bits per heavy atom. The number of ether oxygens (including phenoxy) is 1. The van der Waals surface area contributed by atoms with Gasteiger partial charge in [-0.1, -0.05) is 25.1 Å². The van der Waals surface area contributed by atoms with E-state index in [2.05, 4.69) is 43.2 Å². The molecule has 6 heteroatoms. The van der Waals surface area contributed by atoms with Crippen molar-refractivity contribution in [1.29, 1.82) is 0 Å². The lowest BCUT2D eigenvalue weighted by Crippen LogP contribution is -2.32. The number of hydrogen-bond acceptors (Lipinski definition) is 3. The summed E-state index contributed by atoms with van der Waals surface area (Å²) < 4.78 is 33.7. The molecule has 1 amide bonds. The lowest BCUT2D eigenvalue weighted by Gasteiger charge is -2.33. The van der Waals surface area contributed by atoms with Crippen LogP contribution < -0.4 is 10.1 Å². The van der Waals surface area contributed by atoms with E-state index in [9.17, 15) is 13.6 Å². The van der Waals surface area contributed by atoms with Gasteiger partial charge in [0, 0.05) is 5.56 Å². The highest BCUT2D eigenvalue weighted by Crippen LogP contribution is 2.38. The Morgan fingerprint density at radius 1 is 1.13 bits per heavy atom. The van der Waals surface area contributed by atoms with Gasteiger partial charge in [0.15, 0.2) is 11.6 Å². The number of aryl methyl sites for hydroxylation is 2. The first-order chi connectivity index (χ1) is 14.8. The zero-order chi connectivity index (χ0) is 22.2. The highest BCUT2D eigenvalue weighted by Gasteiger charge is 2.27. The van der Waals surface area contributed by atoms with Crippen LogP contribution in [-0.4, -0.2) is 16.5 Å². The molecule has 1 aliphatic heterocycles. The summed E-state index contributed by atoms with van der Waals surface area (Å²) in [6.45, 7) is 6.29. The van der Waals surface area contributed by atoms with Crippen LogP contribution in [0, 0.1) is 11.6 Å². The molecule has 3 aromatic rings. The standard InChI is InChI=1S/C25H24F2N2O2/c1-4-15-11-18-9-10-25(2,3)31-22(18)12-19(15)16-5-7-17(8-6-16)24(30)29-23-20(26)13-28-14-21(23)27/h5-8,11-14H,4,9-10H2,1-3H3,(H,28,29,30). The largest absolute Gasteiger partial charge is 0.488 e. The van der Waals surface area contributed by atoms with E-state index in [0.29, 0.717) is 5.56 Å². The number of amides is 1. The Hall–Kier alpha value is -3.28.